The number of urea groups is 1. The number of amides is 2. The second kappa shape index (κ2) is 4.52. The average molecular weight is 252 g/mol. The van der Waals surface area contributed by atoms with Gasteiger partial charge in [-0.2, -0.15) is 0 Å². The van der Waals surface area contributed by atoms with Crippen LogP contribution in [0.15, 0.2) is 11.6 Å². The summed E-state index contributed by atoms with van der Waals surface area (Å²) in [6.07, 6.45) is 4.11. The van der Waals surface area contributed by atoms with Gasteiger partial charge in [-0.15, -0.1) is 11.3 Å². The van der Waals surface area contributed by atoms with Gasteiger partial charge < -0.3 is 15.1 Å². The van der Waals surface area contributed by atoms with Crippen LogP contribution in [0.3, 0.4) is 0 Å². The maximum absolute atomic E-state index is 11.8. The van der Waals surface area contributed by atoms with Crippen molar-refractivity contribution >= 4 is 22.5 Å². The van der Waals surface area contributed by atoms with Crippen molar-refractivity contribution < 1.29 is 4.79 Å². The summed E-state index contributed by atoms with van der Waals surface area (Å²) in [4.78, 5) is 20.3. The molecule has 0 spiro atoms. The molecule has 0 aromatic carbocycles. The number of carbonyl (C=O) groups is 1. The van der Waals surface area contributed by atoms with Gasteiger partial charge in [-0.05, 0) is 12.8 Å². The minimum absolute atomic E-state index is 0.103. The van der Waals surface area contributed by atoms with Crippen LogP contribution in [0.5, 0.6) is 0 Å². The van der Waals surface area contributed by atoms with Crippen LogP contribution in [0.1, 0.15) is 12.8 Å². The number of anilines is 1. The lowest BCUT2D eigenvalue weighted by molar-refractivity contribution is 0.194. The molecule has 2 amide bonds. The quantitative estimate of drug-likeness (QED) is 0.858. The average Bonchev–Trinajstić information content (AvgIpc) is 3.00. The second-order valence-corrected chi connectivity index (χ2v) is 5.39. The van der Waals surface area contributed by atoms with Gasteiger partial charge in [-0.1, -0.05) is 0 Å². The lowest BCUT2D eigenvalue weighted by Gasteiger charge is -2.34. The molecule has 17 heavy (non-hydrogen) atoms. The smallest absolute Gasteiger partial charge is 0.317 e. The summed E-state index contributed by atoms with van der Waals surface area (Å²) in [7, 11) is 0. The van der Waals surface area contributed by atoms with E-state index >= 15 is 0 Å². The van der Waals surface area contributed by atoms with Crippen LogP contribution in [-0.2, 0) is 0 Å². The molecule has 1 saturated heterocycles. The van der Waals surface area contributed by atoms with Crippen molar-refractivity contribution in [2.45, 2.75) is 18.9 Å². The topological polar surface area (TPSA) is 48.5 Å². The van der Waals surface area contributed by atoms with Crippen LogP contribution < -0.4 is 10.2 Å². The molecule has 92 valence electrons. The van der Waals surface area contributed by atoms with E-state index in [4.69, 9.17) is 0 Å². The molecular formula is C11H16N4OS. The van der Waals surface area contributed by atoms with Gasteiger partial charge in [0.15, 0.2) is 5.13 Å². The largest absolute Gasteiger partial charge is 0.345 e. The standard InChI is InChI=1S/C11H16N4OS/c16-10(13-9-1-2-9)14-4-6-15(7-5-14)11-12-3-8-17-11/h3,8-9H,1-2,4-7H2,(H,13,16). The van der Waals surface area contributed by atoms with E-state index in [0.29, 0.717) is 6.04 Å². The predicted molar refractivity (Wildman–Crippen MR) is 67.5 cm³/mol. The highest BCUT2D eigenvalue weighted by Crippen LogP contribution is 2.21. The maximum atomic E-state index is 11.8. The first-order valence-electron chi connectivity index (χ1n) is 6.03. The Morgan fingerprint density at radius 3 is 2.71 bits per heavy atom. The maximum Gasteiger partial charge on any atom is 0.317 e. The highest BCUT2D eigenvalue weighted by atomic mass is 32.1. The van der Waals surface area contributed by atoms with Crippen molar-refractivity contribution in [1.29, 1.82) is 0 Å². The zero-order valence-electron chi connectivity index (χ0n) is 9.63. The summed E-state index contributed by atoms with van der Waals surface area (Å²) in [5, 5.41) is 6.08. The third kappa shape index (κ3) is 2.52. The highest BCUT2D eigenvalue weighted by Gasteiger charge is 2.28. The molecule has 0 radical (unpaired) electrons. The Bertz CT molecular complexity index is 382. The van der Waals surface area contributed by atoms with E-state index in [1.807, 2.05) is 16.5 Å². The first-order valence-corrected chi connectivity index (χ1v) is 6.91. The van der Waals surface area contributed by atoms with Crippen LogP contribution in [0.2, 0.25) is 0 Å². The van der Waals surface area contributed by atoms with Gasteiger partial charge in [0, 0.05) is 43.8 Å². The van der Waals surface area contributed by atoms with E-state index < -0.39 is 0 Å². The number of piperazine rings is 1. The molecule has 0 atom stereocenters. The Kier molecular flexibility index (Phi) is 2.88. The first kappa shape index (κ1) is 10.8. The molecular weight excluding hydrogens is 236 g/mol. The van der Waals surface area contributed by atoms with Crippen LogP contribution in [0.4, 0.5) is 9.93 Å². The predicted octanol–water partition coefficient (Wildman–Crippen LogP) is 1.14. The highest BCUT2D eigenvalue weighted by molar-refractivity contribution is 7.13. The van der Waals surface area contributed by atoms with Gasteiger partial charge in [0.1, 0.15) is 0 Å². The molecule has 1 N–H and O–H groups in total. The van der Waals surface area contributed by atoms with Crippen molar-refractivity contribution in [3.63, 3.8) is 0 Å². The number of hydrogen-bond acceptors (Lipinski definition) is 4. The summed E-state index contributed by atoms with van der Waals surface area (Å²) < 4.78 is 0. The van der Waals surface area contributed by atoms with E-state index in [-0.39, 0.29) is 6.03 Å². The monoisotopic (exact) mass is 252 g/mol. The molecule has 2 heterocycles. The zero-order valence-corrected chi connectivity index (χ0v) is 10.4. The summed E-state index contributed by atoms with van der Waals surface area (Å²) in [5.41, 5.74) is 0. The fourth-order valence-corrected chi connectivity index (χ4v) is 2.66. The molecule has 1 aliphatic heterocycles. The Balaban J connectivity index is 1.51. The second-order valence-electron chi connectivity index (χ2n) is 4.51. The molecule has 0 unspecified atom stereocenters. The summed E-state index contributed by atoms with van der Waals surface area (Å²) in [6.45, 7) is 3.34. The SMILES string of the molecule is O=C(NC1CC1)N1CCN(c2nccs2)CC1. The van der Waals surface area contributed by atoms with Crippen LogP contribution in [0, 0.1) is 0 Å². The minimum Gasteiger partial charge on any atom is -0.345 e. The van der Waals surface area contributed by atoms with Crippen molar-refractivity contribution in [2.75, 3.05) is 31.1 Å². The lowest BCUT2D eigenvalue weighted by atomic mass is 10.3. The number of carbonyl (C=O) groups excluding carboxylic acids is 1. The third-order valence-corrected chi connectivity index (χ3v) is 3.99. The number of thiazole rings is 1. The van der Waals surface area contributed by atoms with Crippen LogP contribution in [-0.4, -0.2) is 48.1 Å². The summed E-state index contributed by atoms with van der Waals surface area (Å²) in [6, 6.07) is 0.547. The Morgan fingerprint density at radius 1 is 1.35 bits per heavy atom. The molecule has 0 bridgehead atoms. The van der Waals surface area contributed by atoms with Crippen molar-refractivity contribution in [1.82, 2.24) is 15.2 Å². The van der Waals surface area contributed by atoms with Gasteiger partial charge >= 0.3 is 6.03 Å². The van der Waals surface area contributed by atoms with E-state index in [1.54, 1.807) is 11.3 Å². The third-order valence-electron chi connectivity index (χ3n) is 3.16. The number of nitrogens with zero attached hydrogens (tertiary/aromatic N) is 3. The van der Waals surface area contributed by atoms with Crippen molar-refractivity contribution in [3.8, 4) is 0 Å². The Hall–Kier alpha value is -1.30. The van der Waals surface area contributed by atoms with Crippen LogP contribution >= 0.6 is 11.3 Å². The fourth-order valence-electron chi connectivity index (χ4n) is 1.97. The summed E-state index contributed by atoms with van der Waals surface area (Å²) >= 11 is 1.66. The number of rotatable bonds is 2. The van der Waals surface area contributed by atoms with Gasteiger partial charge in [0.05, 0.1) is 0 Å². The van der Waals surface area contributed by atoms with Gasteiger partial charge in [-0.3, -0.25) is 0 Å². The number of nitrogens with one attached hydrogen (secondary N) is 1. The van der Waals surface area contributed by atoms with E-state index in [0.717, 1.165) is 44.2 Å². The molecule has 1 aromatic rings. The van der Waals surface area contributed by atoms with Gasteiger partial charge in [0.2, 0.25) is 0 Å². The molecule has 1 saturated carbocycles. The molecule has 1 aromatic heterocycles. The van der Waals surface area contributed by atoms with Gasteiger partial charge in [0.25, 0.3) is 0 Å². The van der Waals surface area contributed by atoms with Gasteiger partial charge in [-0.25, -0.2) is 9.78 Å². The Morgan fingerprint density at radius 2 is 2.12 bits per heavy atom. The minimum atomic E-state index is 0.103. The van der Waals surface area contributed by atoms with Crippen molar-refractivity contribution in [3.05, 3.63) is 11.6 Å². The normalized spacial score (nSPS) is 20.5. The van der Waals surface area contributed by atoms with Crippen molar-refractivity contribution in [2.24, 2.45) is 0 Å². The first-order chi connectivity index (χ1) is 8.33. The lowest BCUT2D eigenvalue weighted by Crippen LogP contribution is -2.52. The molecule has 5 nitrogen and oxygen atoms in total. The number of hydrogen-bond donors (Lipinski definition) is 1. The Labute approximate surface area is 104 Å². The van der Waals surface area contributed by atoms with E-state index in [9.17, 15) is 4.79 Å². The number of aromatic nitrogens is 1. The fraction of sp³-hybridized carbons (Fsp3) is 0.636. The molecule has 2 aliphatic rings. The van der Waals surface area contributed by atoms with E-state index in [2.05, 4.69) is 15.2 Å². The molecule has 2 fully saturated rings. The molecule has 1 aliphatic carbocycles. The van der Waals surface area contributed by atoms with E-state index in [1.165, 1.54) is 0 Å². The van der Waals surface area contributed by atoms with Crippen LogP contribution in [0.25, 0.3) is 0 Å². The zero-order chi connectivity index (χ0) is 11.7. The molecule has 6 heteroatoms. The summed E-state index contributed by atoms with van der Waals surface area (Å²) in [5.74, 6) is 0. The molecule has 3 rings (SSSR count).